The Balaban J connectivity index is 1.34. The van der Waals surface area contributed by atoms with Gasteiger partial charge in [0.2, 0.25) is 5.95 Å². The first-order chi connectivity index (χ1) is 14.7. The first-order valence-electron chi connectivity index (χ1n) is 10.9. The minimum Gasteiger partial charge on any atom is -0.393 e. The van der Waals surface area contributed by atoms with E-state index in [1.165, 1.54) is 0 Å². The smallest absolute Gasteiger partial charge is 0.323 e. The summed E-state index contributed by atoms with van der Waals surface area (Å²) in [6.07, 6.45) is 7.45. The molecule has 158 valence electrons. The van der Waals surface area contributed by atoms with E-state index in [1.807, 2.05) is 17.0 Å². The summed E-state index contributed by atoms with van der Waals surface area (Å²) in [5, 5.41) is 19.6. The van der Waals surface area contributed by atoms with Crippen LogP contribution in [0.15, 0.2) is 30.5 Å². The van der Waals surface area contributed by atoms with Crippen LogP contribution < -0.4 is 20.9 Å². The molecule has 3 heterocycles. The Labute approximate surface area is 176 Å². The number of carbonyl (C=O) groups excluding carboxylic acids is 1. The van der Waals surface area contributed by atoms with Gasteiger partial charge in [-0.15, -0.1) is 0 Å². The van der Waals surface area contributed by atoms with Crippen molar-refractivity contribution >= 4 is 23.5 Å². The fourth-order valence-electron chi connectivity index (χ4n) is 4.72. The molecule has 0 bridgehead atoms. The lowest BCUT2D eigenvalue weighted by Crippen LogP contribution is -2.49. The van der Waals surface area contributed by atoms with E-state index < -0.39 is 0 Å². The number of carbonyl (C=O) groups is 1. The molecule has 0 radical (unpaired) electrons. The highest BCUT2D eigenvalue weighted by atomic mass is 16.3. The molecule has 2 atom stereocenters. The highest BCUT2D eigenvalue weighted by Gasteiger charge is 2.33. The van der Waals surface area contributed by atoms with Crippen molar-refractivity contribution < 1.29 is 9.90 Å². The van der Waals surface area contributed by atoms with Gasteiger partial charge < -0.3 is 21.1 Å². The van der Waals surface area contributed by atoms with Gasteiger partial charge in [0.05, 0.1) is 6.10 Å². The number of aliphatic hydroxyl groups excluding tert-OH is 1. The molecule has 8 heteroatoms. The van der Waals surface area contributed by atoms with Crippen molar-refractivity contribution in [2.75, 3.05) is 16.8 Å². The molecule has 1 saturated carbocycles. The Bertz CT molecular complexity index is 912. The molecule has 3 aliphatic rings. The van der Waals surface area contributed by atoms with E-state index in [0.29, 0.717) is 12.5 Å². The third kappa shape index (κ3) is 3.85. The zero-order valence-corrected chi connectivity index (χ0v) is 17.0. The summed E-state index contributed by atoms with van der Waals surface area (Å²) in [4.78, 5) is 23.5. The Hall–Kier alpha value is -2.71. The van der Waals surface area contributed by atoms with E-state index in [9.17, 15) is 9.90 Å². The summed E-state index contributed by atoms with van der Waals surface area (Å²) in [7, 11) is 0. The minimum absolute atomic E-state index is 0.0643. The number of hydrogen-bond acceptors (Lipinski definition) is 6. The molecule has 1 aromatic heterocycles. The van der Waals surface area contributed by atoms with Crippen LogP contribution in [-0.4, -0.2) is 39.8 Å². The zero-order chi connectivity index (χ0) is 20.5. The average molecular weight is 409 g/mol. The van der Waals surface area contributed by atoms with Crippen LogP contribution in [0, 0.1) is 0 Å². The molecule has 1 aromatic carbocycles. The van der Waals surface area contributed by atoms with Crippen molar-refractivity contribution in [3.8, 4) is 0 Å². The van der Waals surface area contributed by atoms with Crippen LogP contribution in [0.25, 0.3) is 0 Å². The van der Waals surface area contributed by atoms with Crippen LogP contribution in [0.5, 0.6) is 0 Å². The Morgan fingerprint density at radius 3 is 2.70 bits per heavy atom. The number of fused-ring (bicyclic) bond motifs is 1. The maximum atomic E-state index is 12.5. The number of benzene rings is 1. The Morgan fingerprint density at radius 2 is 1.93 bits per heavy atom. The van der Waals surface area contributed by atoms with E-state index in [4.69, 9.17) is 4.98 Å². The molecule has 2 aromatic rings. The number of aliphatic hydroxyl groups is 1. The molecule has 8 nitrogen and oxygen atoms in total. The largest absolute Gasteiger partial charge is 0.393 e. The van der Waals surface area contributed by atoms with Crippen molar-refractivity contribution in [1.29, 1.82) is 0 Å². The molecule has 2 fully saturated rings. The van der Waals surface area contributed by atoms with E-state index in [-0.39, 0.29) is 24.2 Å². The number of aromatic nitrogens is 2. The number of hydrogen-bond donors (Lipinski definition) is 4. The first-order valence-corrected chi connectivity index (χ1v) is 10.9. The van der Waals surface area contributed by atoms with Crippen LogP contribution in [0.2, 0.25) is 0 Å². The van der Waals surface area contributed by atoms with E-state index in [1.54, 1.807) is 6.20 Å². The first kappa shape index (κ1) is 19.3. The van der Waals surface area contributed by atoms with Crippen molar-refractivity contribution in [2.45, 2.75) is 63.3 Å². The van der Waals surface area contributed by atoms with Gasteiger partial charge in [0.15, 0.2) is 0 Å². The molecular formula is C22H28N6O2. The van der Waals surface area contributed by atoms with Crippen LogP contribution in [-0.2, 0) is 6.54 Å². The lowest BCUT2D eigenvalue weighted by Gasteiger charge is -2.33. The molecule has 2 unspecified atom stereocenters. The van der Waals surface area contributed by atoms with Crippen molar-refractivity contribution in [1.82, 2.24) is 20.6 Å². The lowest BCUT2D eigenvalue weighted by molar-refractivity contribution is 0.117. The van der Waals surface area contributed by atoms with Gasteiger partial charge in [-0.25, -0.2) is 9.78 Å². The molecule has 1 saturated heterocycles. The second-order valence-corrected chi connectivity index (χ2v) is 8.44. The predicted molar refractivity (Wildman–Crippen MR) is 115 cm³/mol. The third-order valence-corrected chi connectivity index (χ3v) is 6.35. The molecule has 4 N–H and O–H groups in total. The summed E-state index contributed by atoms with van der Waals surface area (Å²) in [6.45, 7) is 1.30. The van der Waals surface area contributed by atoms with Gasteiger partial charge in [-0.2, -0.15) is 4.98 Å². The molecule has 0 spiro atoms. The van der Waals surface area contributed by atoms with Crippen molar-refractivity contribution in [3.05, 3.63) is 41.6 Å². The van der Waals surface area contributed by atoms with Gasteiger partial charge in [-0.05, 0) is 49.9 Å². The number of anilines is 3. The maximum Gasteiger partial charge on any atom is 0.323 e. The molecule has 30 heavy (non-hydrogen) atoms. The van der Waals surface area contributed by atoms with Crippen LogP contribution in [0.4, 0.5) is 22.2 Å². The highest BCUT2D eigenvalue weighted by Crippen LogP contribution is 2.32. The molecule has 2 aliphatic heterocycles. The van der Waals surface area contributed by atoms with Crippen molar-refractivity contribution in [3.63, 3.8) is 0 Å². The van der Waals surface area contributed by atoms with Crippen molar-refractivity contribution in [2.24, 2.45) is 0 Å². The minimum atomic E-state index is -0.238. The Morgan fingerprint density at radius 1 is 1.13 bits per heavy atom. The normalized spacial score (nSPS) is 24.4. The average Bonchev–Trinajstić information content (AvgIpc) is 3.28. The maximum absolute atomic E-state index is 12.5. The third-order valence-electron chi connectivity index (χ3n) is 6.35. The van der Waals surface area contributed by atoms with Gasteiger partial charge in [0, 0.05) is 36.1 Å². The second-order valence-electron chi connectivity index (χ2n) is 8.44. The zero-order valence-electron chi connectivity index (χ0n) is 17.0. The molecule has 2 amide bonds. The number of amides is 2. The monoisotopic (exact) mass is 408 g/mol. The number of rotatable bonds is 4. The lowest BCUT2D eigenvalue weighted by atomic mass is 9.95. The SMILES string of the molecule is O=C1NCc2cnc(Nc3ccc(C4CC(O)CCN4)cc3)nc2N1C1CCCC1. The van der Waals surface area contributed by atoms with Gasteiger partial charge >= 0.3 is 6.03 Å². The number of nitrogens with one attached hydrogen (secondary N) is 3. The van der Waals surface area contributed by atoms with Gasteiger partial charge in [-0.3, -0.25) is 4.90 Å². The van der Waals surface area contributed by atoms with E-state index in [2.05, 4.69) is 33.1 Å². The van der Waals surface area contributed by atoms with Gasteiger partial charge in [0.1, 0.15) is 5.82 Å². The number of nitrogens with zero attached hydrogens (tertiary/aromatic N) is 3. The summed E-state index contributed by atoms with van der Waals surface area (Å²) in [6, 6.07) is 8.46. The summed E-state index contributed by atoms with van der Waals surface area (Å²) < 4.78 is 0. The molecular weight excluding hydrogens is 380 g/mol. The second kappa shape index (κ2) is 8.20. The predicted octanol–water partition coefficient (Wildman–Crippen LogP) is 2.98. The molecule has 1 aliphatic carbocycles. The number of piperidine rings is 1. The Kier molecular flexibility index (Phi) is 5.26. The van der Waals surface area contributed by atoms with Crippen LogP contribution >= 0.6 is 0 Å². The quantitative estimate of drug-likeness (QED) is 0.620. The summed E-state index contributed by atoms with van der Waals surface area (Å²) in [5.41, 5.74) is 3.00. The standard InChI is InChI=1S/C22H28N6O2/c29-18-9-10-23-19(11-18)14-5-7-16(8-6-14)26-21-24-12-15-13-25-22(30)28(20(15)27-21)17-3-1-2-4-17/h5-8,12,17-19,23,29H,1-4,9-11,13H2,(H,25,30)(H,24,26,27). The van der Waals surface area contributed by atoms with Gasteiger partial charge in [-0.1, -0.05) is 25.0 Å². The number of urea groups is 1. The summed E-state index contributed by atoms with van der Waals surface area (Å²) >= 11 is 0. The fourth-order valence-corrected chi connectivity index (χ4v) is 4.72. The fraction of sp³-hybridized carbons (Fsp3) is 0.500. The van der Waals surface area contributed by atoms with Crippen LogP contribution in [0.1, 0.15) is 55.7 Å². The summed E-state index contributed by atoms with van der Waals surface area (Å²) in [5.74, 6) is 1.21. The van der Waals surface area contributed by atoms with E-state index >= 15 is 0 Å². The highest BCUT2D eigenvalue weighted by molar-refractivity contribution is 5.94. The topological polar surface area (TPSA) is 102 Å². The van der Waals surface area contributed by atoms with Gasteiger partial charge in [0.25, 0.3) is 0 Å². The van der Waals surface area contributed by atoms with E-state index in [0.717, 1.165) is 67.7 Å². The van der Waals surface area contributed by atoms with Crippen LogP contribution in [0.3, 0.4) is 0 Å². The molecule has 5 rings (SSSR count).